The van der Waals surface area contributed by atoms with Crippen LogP contribution in [0.1, 0.15) is 27.2 Å². The maximum atomic E-state index is 8.48. The molecule has 0 amide bonds. The fourth-order valence-electron chi connectivity index (χ4n) is 0.942. The minimum atomic E-state index is -0.718. The molecule has 14 heavy (non-hydrogen) atoms. The number of aliphatic hydroxyl groups excluding tert-OH is 2. The van der Waals surface area contributed by atoms with Gasteiger partial charge in [0.1, 0.15) is 6.10 Å². The summed E-state index contributed by atoms with van der Waals surface area (Å²) in [6, 6.07) is 0. The van der Waals surface area contributed by atoms with Gasteiger partial charge >= 0.3 is 0 Å². The summed E-state index contributed by atoms with van der Waals surface area (Å²) in [6.45, 7) is 10.2. The van der Waals surface area contributed by atoms with E-state index >= 15 is 0 Å². The number of allylic oxidation sites excluding steroid dienone is 1. The van der Waals surface area contributed by atoms with Gasteiger partial charge in [0, 0.05) is 7.11 Å². The molecule has 2 N–H and O–H groups in total. The average Bonchev–Trinajstić information content (AvgIpc) is 2.03. The summed E-state index contributed by atoms with van der Waals surface area (Å²) in [6.07, 6.45) is 0.449. The molecule has 0 spiro atoms. The first-order chi connectivity index (χ1) is 6.43. The van der Waals surface area contributed by atoms with Crippen molar-refractivity contribution in [2.75, 3.05) is 20.3 Å². The van der Waals surface area contributed by atoms with Crippen molar-refractivity contribution < 1.29 is 14.9 Å². The zero-order chi connectivity index (χ0) is 11.6. The highest BCUT2D eigenvalue weighted by molar-refractivity contribution is 4.88. The molecule has 0 saturated carbocycles. The van der Waals surface area contributed by atoms with E-state index in [-0.39, 0.29) is 13.2 Å². The Bertz CT molecular complexity index is 132. The van der Waals surface area contributed by atoms with Crippen molar-refractivity contribution in [1.29, 1.82) is 0 Å². The van der Waals surface area contributed by atoms with Crippen LogP contribution < -0.4 is 0 Å². The molecule has 0 aliphatic carbocycles. The van der Waals surface area contributed by atoms with E-state index in [1.807, 2.05) is 0 Å². The van der Waals surface area contributed by atoms with E-state index in [1.165, 1.54) is 19.1 Å². The monoisotopic (exact) mass is 204 g/mol. The molecule has 0 saturated heterocycles. The van der Waals surface area contributed by atoms with Gasteiger partial charge in [0.05, 0.1) is 13.2 Å². The molecular formula is C11H24O3. The first kappa shape index (κ1) is 16.1. The SMILES string of the molecule is C=C(C)CC(C)C.COCC(O)CO. The summed E-state index contributed by atoms with van der Waals surface area (Å²) in [4.78, 5) is 0. The van der Waals surface area contributed by atoms with Gasteiger partial charge in [0.2, 0.25) is 0 Å². The number of rotatable bonds is 5. The Morgan fingerprint density at radius 2 is 1.93 bits per heavy atom. The summed E-state index contributed by atoms with van der Waals surface area (Å²) in [5.74, 6) is 0.775. The Morgan fingerprint density at radius 1 is 1.43 bits per heavy atom. The van der Waals surface area contributed by atoms with Gasteiger partial charge in [-0.3, -0.25) is 0 Å². The third-order valence-corrected chi connectivity index (χ3v) is 1.33. The van der Waals surface area contributed by atoms with E-state index in [2.05, 4.69) is 32.1 Å². The molecular weight excluding hydrogens is 180 g/mol. The second-order valence-electron chi connectivity index (χ2n) is 3.85. The predicted octanol–water partition coefficient (Wildman–Crippen LogP) is 1.59. The van der Waals surface area contributed by atoms with Crippen molar-refractivity contribution in [3.05, 3.63) is 12.2 Å². The molecule has 1 atom stereocenters. The second-order valence-corrected chi connectivity index (χ2v) is 3.85. The first-order valence-electron chi connectivity index (χ1n) is 4.86. The lowest BCUT2D eigenvalue weighted by atomic mass is 10.1. The zero-order valence-corrected chi connectivity index (χ0v) is 9.79. The van der Waals surface area contributed by atoms with Crippen LogP contribution in [0.2, 0.25) is 0 Å². The van der Waals surface area contributed by atoms with E-state index in [0.717, 1.165) is 5.92 Å². The molecule has 3 heteroatoms. The Hall–Kier alpha value is -0.380. The number of hydrogen-bond acceptors (Lipinski definition) is 3. The quantitative estimate of drug-likeness (QED) is 0.669. The lowest BCUT2D eigenvalue weighted by Gasteiger charge is -2.01. The topological polar surface area (TPSA) is 49.7 Å². The first-order valence-corrected chi connectivity index (χ1v) is 4.86. The Kier molecular flexibility index (Phi) is 12.3. The van der Waals surface area contributed by atoms with Gasteiger partial charge in [-0.05, 0) is 19.3 Å². The van der Waals surface area contributed by atoms with Crippen molar-refractivity contribution >= 4 is 0 Å². The molecule has 3 nitrogen and oxygen atoms in total. The Balaban J connectivity index is 0. The van der Waals surface area contributed by atoms with Crippen LogP contribution in [0.5, 0.6) is 0 Å². The molecule has 86 valence electrons. The highest BCUT2D eigenvalue weighted by Crippen LogP contribution is 2.05. The van der Waals surface area contributed by atoms with Gasteiger partial charge in [-0.15, -0.1) is 6.58 Å². The standard InChI is InChI=1S/C7H14.C4H10O3/c1-6(2)5-7(3)4;1-7-3-4(6)2-5/h7H,1,5H2,2-4H3;4-6H,2-3H2,1H3. The number of aliphatic hydroxyl groups is 2. The van der Waals surface area contributed by atoms with E-state index in [1.54, 1.807) is 0 Å². The smallest absolute Gasteiger partial charge is 0.100 e. The Morgan fingerprint density at radius 3 is 2.00 bits per heavy atom. The van der Waals surface area contributed by atoms with Gasteiger partial charge < -0.3 is 14.9 Å². The molecule has 0 aromatic heterocycles. The van der Waals surface area contributed by atoms with Crippen LogP contribution in [0.4, 0.5) is 0 Å². The Labute approximate surface area is 87.4 Å². The molecule has 0 aromatic rings. The van der Waals surface area contributed by atoms with Crippen molar-refractivity contribution in [3.63, 3.8) is 0 Å². The maximum Gasteiger partial charge on any atom is 0.100 e. The second kappa shape index (κ2) is 10.7. The van der Waals surface area contributed by atoms with Crippen LogP contribution in [0, 0.1) is 5.92 Å². The zero-order valence-electron chi connectivity index (χ0n) is 9.79. The van der Waals surface area contributed by atoms with Crippen molar-refractivity contribution in [1.82, 2.24) is 0 Å². The summed E-state index contributed by atoms with van der Waals surface area (Å²) >= 11 is 0. The highest BCUT2D eigenvalue weighted by atomic mass is 16.5. The van der Waals surface area contributed by atoms with Crippen LogP contribution in [0.3, 0.4) is 0 Å². The van der Waals surface area contributed by atoms with Crippen LogP contribution in [-0.2, 0) is 4.74 Å². The molecule has 0 radical (unpaired) electrons. The van der Waals surface area contributed by atoms with Crippen LogP contribution in [0.15, 0.2) is 12.2 Å². The maximum absolute atomic E-state index is 8.48. The molecule has 0 aliphatic rings. The third-order valence-electron chi connectivity index (χ3n) is 1.33. The number of hydrogen-bond donors (Lipinski definition) is 2. The van der Waals surface area contributed by atoms with Crippen molar-refractivity contribution in [3.8, 4) is 0 Å². The van der Waals surface area contributed by atoms with E-state index in [9.17, 15) is 0 Å². The van der Waals surface area contributed by atoms with E-state index in [4.69, 9.17) is 10.2 Å². The fraction of sp³-hybridized carbons (Fsp3) is 0.818. The summed E-state index contributed by atoms with van der Waals surface area (Å²) in [5.41, 5.74) is 1.29. The normalized spacial score (nSPS) is 11.9. The van der Waals surface area contributed by atoms with E-state index < -0.39 is 6.10 Å². The van der Waals surface area contributed by atoms with Crippen molar-refractivity contribution in [2.45, 2.75) is 33.3 Å². The van der Waals surface area contributed by atoms with E-state index in [0.29, 0.717) is 0 Å². The highest BCUT2D eigenvalue weighted by Gasteiger charge is 1.96. The number of ether oxygens (including phenoxy) is 1. The van der Waals surface area contributed by atoms with Crippen molar-refractivity contribution in [2.24, 2.45) is 5.92 Å². The largest absolute Gasteiger partial charge is 0.394 e. The van der Waals surface area contributed by atoms with Crippen LogP contribution in [-0.4, -0.2) is 36.6 Å². The van der Waals surface area contributed by atoms with Gasteiger partial charge in [-0.1, -0.05) is 19.4 Å². The van der Waals surface area contributed by atoms with Crippen LogP contribution in [0.25, 0.3) is 0 Å². The lowest BCUT2D eigenvalue weighted by Crippen LogP contribution is -2.17. The van der Waals surface area contributed by atoms with Gasteiger partial charge in [0.25, 0.3) is 0 Å². The minimum Gasteiger partial charge on any atom is -0.394 e. The predicted molar refractivity (Wildman–Crippen MR) is 59.2 cm³/mol. The number of methoxy groups -OCH3 is 1. The molecule has 0 aliphatic heterocycles. The third kappa shape index (κ3) is 17.6. The molecule has 0 fully saturated rings. The molecule has 0 aromatic carbocycles. The van der Waals surface area contributed by atoms with Gasteiger partial charge in [0.15, 0.2) is 0 Å². The summed E-state index contributed by atoms with van der Waals surface area (Å²) in [7, 11) is 1.47. The summed E-state index contributed by atoms with van der Waals surface area (Å²) < 4.78 is 4.48. The minimum absolute atomic E-state index is 0.205. The average molecular weight is 204 g/mol. The molecule has 0 heterocycles. The fourth-order valence-corrected chi connectivity index (χ4v) is 0.942. The molecule has 1 unspecified atom stereocenters. The van der Waals surface area contributed by atoms with Gasteiger partial charge in [-0.2, -0.15) is 0 Å². The lowest BCUT2D eigenvalue weighted by molar-refractivity contribution is 0.0254. The van der Waals surface area contributed by atoms with Gasteiger partial charge in [-0.25, -0.2) is 0 Å². The molecule has 0 rings (SSSR count). The molecule has 0 bridgehead atoms. The van der Waals surface area contributed by atoms with Crippen LogP contribution >= 0.6 is 0 Å². The summed E-state index contributed by atoms with van der Waals surface area (Å²) in [5, 5.41) is 16.6.